The third kappa shape index (κ3) is 9.38. The van der Waals surface area contributed by atoms with Crippen LogP contribution >= 0.6 is 0 Å². The molecule has 0 aliphatic heterocycles. The van der Waals surface area contributed by atoms with Gasteiger partial charge in [0.15, 0.2) is 0 Å². The summed E-state index contributed by atoms with van der Waals surface area (Å²) in [6.45, 7) is 15.9. The Kier molecular flexibility index (Phi) is 10.9. The van der Waals surface area contributed by atoms with Crippen LogP contribution < -0.4 is 9.46 Å². The van der Waals surface area contributed by atoms with Gasteiger partial charge in [0.2, 0.25) is 10.0 Å². The minimum atomic E-state index is -3.64. The minimum Gasteiger partial charge on any atom is -0.492 e. The lowest BCUT2D eigenvalue weighted by Gasteiger charge is -2.33. The summed E-state index contributed by atoms with van der Waals surface area (Å²) in [7, 11) is -3.64. The highest BCUT2D eigenvalue weighted by molar-refractivity contribution is 7.89. The highest BCUT2D eigenvalue weighted by Crippen LogP contribution is 2.38. The molecule has 0 bridgehead atoms. The molecule has 30 heavy (non-hydrogen) atoms. The molecule has 5 heteroatoms. The predicted octanol–water partition coefficient (Wildman–Crippen LogP) is 6.64. The maximum Gasteiger partial charge on any atom is 0.244 e. The molecular formula is C25H44NO3S. The van der Waals surface area contributed by atoms with Crippen molar-refractivity contribution in [1.29, 1.82) is 0 Å². The van der Waals surface area contributed by atoms with Crippen molar-refractivity contribution in [2.45, 2.75) is 104 Å². The molecular weight excluding hydrogens is 394 g/mol. The molecule has 0 spiro atoms. The number of benzene rings is 1. The number of hydrogen-bond acceptors (Lipinski definition) is 3. The first-order chi connectivity index (χ1) is 13.9. The average molecular weight is 439 g/mol. The van der Waals surface area contributed by atoms with Crippen molar-refractivity contribution in [1.82, 2.24) is 4.72 Å². The Morgan fingerprint density at radius 1 is 1.00 bits per heavy atom. The summed E-state index contributed by atoms with van der Waals surface area (Å²) in [5, 5.41) is 0. The minimum absolute atomic E-state index is 0.142. The van der Waals surface area contributed by atoms with Gasteiger partial charge in [0.1, 0.15) is 10.6 Å². The van der Waals surface area contributed by atoms with Crippen molar-refractivity contribution in [3.8, 4) is 5.75 Å². The predicted molar refractivity (Wildman–Crippen MR) is 128 cm³/mol. The Labute approximate surface area is 186 Å². The molecule has 4 nitrogen and oxygen atoms in total. The molecule has 0 aliphatic carbocycles. The second-order valence-corrected chi connectivity index (χ2v) is 11.9. The Morgan fingerprint density at radius 2 is 1.63 bits per heavy atom. The van der Waals surface area contributed by atoms with Crippen molar-refractivity contribution in [3.05, 3.63) is 30.2 Å². The zero-order valence-corrected chi connectivity index (χ0v) is 21.1. The van der Waals surface area contributed by atoms with E-state index in [4.69, 9.17) is 4.74 Å². The van der Waals surface area contributed by atoms with Crippen molar-refractivity contribution in [3.63, 3.8) is 0 Å². The molecule has 1 radical (unpaired) electrons. The van der Waals surface area contributed by atoms with Crippen molar-refractivity contribution < 1.29 is 13.2 Å². The first-order valence-electron chi connectivity index (χ1n) is 11.5. The lowest BCUT2D eigenvalue weighted by Crippen LogP contribution is -2.27. The number of hydrogen-bond donors (Lipinski definition) is 1. The summed E-state index contributed by atoms with van der Waals surface area (Å²) in [4.78, 5) is 0.245. The summed E-state index contributed by atoms with van der Waals surface area (Å²) < 4.78 is 34.5. The second kappa shape index (κ2) is 12.1. The van der Waals surface area contributed by atoms with Crippen molar-refractivity contribution in [2.75, 3.05) is 13.2 Å². The van der Waals surface area contributed by atoms with E-state index in [0.717, 1.165) is 24.8 Å². The Bertz CT molecular complexity index is 733. The van der Waals surface area contributed by atoms with Crippen LogP contribution in [0.25, 0.3) is 0 Å². The quantitative estimate of drug-likeness (QED) is 0.331. The molecule has 0 saturated heterocycles. The third-order valence-corrected chi connectivity index (χ3v) is 6.66. The molecule has 0 amide bonds. The fourth-order valence-electron chi connectivity index (χ4n) is 4.02. The normalized spacial score (nSPS) is 12.9. The van der Waals surface area contributed by atoms with Crippen LogP contribution in [0.1, 0.15) is 99.0 Å². The van der Waals surface area contributed by atoms with Crippen molar-refractivity contribution in [2.24, 2.45) is 5.41 Å². The summed E-state index contributed by atoms with van der Waals surface area (Å²) in [6, 6.07) is 5.66. The van der Waals surface area contributed by atoms with Gasteiger partial charge < -0.3 is 4.74 Å². The summed E-state index contributed by atoms with van der Waals surface area (Å²) >= 11 is 0. The van der Waals surface area contributed by atoms with Gasteiger partial charge in [-0.1, -0.05) is 86.6 Å². The average Bonchev–Trinajstić information content (AvgIpc) is 2.63. The number of rotatable bonds is 14. The number of sulfonamides is 1. The smallest absolute Gasteiger partial charge is 0.244 e. The van der Waals surface area contributed by atoms with E-state index in [1.165, 1.54) is 25.7 Å². The van der Waals surface area contributed by atoms with Crippen LogP contribution in [0.15, 0.2) is 23.1 Å². The number of unbranched alkanes of at least 4 members (excludes halogenated alkanes) is 5. The van der Waals surface area contributed by atoms with Gasteiger partial charge >= 0.3 is 0 Å². The second-order valence-electron chi connectivity index (χ2n) is 10.2. The lowest BCUT2D eigenvalue weighted by molar-refractivity contribution is 0.281. The topological polar surface area (TPSA) is 55.4 Å². The molecule has 1 aromatic rings. The van der Waals surface area contributed by atoms with E-state index < -0.39 is 10.0 Å². The summed E-state index contributed by atoms with van der Waals surface area (Å²) in [5.74, 6) is 0.447. The molecule has 0 aromatic heterocycles. The molecule has 0 aliphatic rings. The molecule has 173 valence electrons. The van der Waals surface area contributed by atoms with Gasteiger partial charge in [-0.05, 0) is 47.8 Å². The first kappa shape index (κ1) is 27.0. The van der Waals surface area contributed by atoms with Gasteiger partial charge in [0.25, 0.3) is 0 Å². The number of nitrogens with one attached hydrogen (secondary N) is 1. The van der Waals surface area contributed by atoms with Crippen LogP contribution in [0.2, 0.25) is 0 Å². The van der Waals surface area contributed by atoms with E-state index in [9.17, 15) is 8.42 Å². The highest BCUT2D eigenvalue weighted by Gasteiger charge is 2.30. The molecule has 0 fully saturated rings. The van der Waals surface area contributed by atoms with Crippen molar-refractivity contribution >= 4 is 10.0 Å². The van der Waals surface area contributed by atoms with Gasteiger partial charge in [0.05, 0.1) is 6.61 Å². The maximum atomic E-state index is 13.0. The molecule has 0 atom stereocenters. The third-order valence-electron chi connectivity index (χ3n) is 5.22. The van der Waals surface area contributed by atoms with Gasteiger partial charge in [-0.3, -0.25) is 0 Å². The molecule has 1 aromatic carbocycles. The van der Waals surface area contributed by atoms with Gasteiger partial charge in [-0.2, -0.15) is 0 Å². The highest BCUT2D eigenvalue weighted by atomic mass is 32.2. The zero-order valence-electron chi connectivity index (χ0n) is 20.3. The van der Waals surface area contributed by atoms with Crippen LogP contribution in [0.3, 0.4) is 0 Å². The van der Waals surface area contributed by atoms with E-state index in [2.05, 4.69) is 46.3 Å². The monoisotopic (exact) mass is 438 g/mol. The molecule has 0 heterocycles. The van der Waals surface area contributed by atoms with Crippen LogP contribution in [0.5, 0.6) is 5.75 Å². The SMILES string of the molecule is C[CH]CNS(=O)(=O)c1cc(C(C)(C)CC(C)(C)C)ccc1OCCCCCCCC. The Morgan fingerprint density at radius 3 is 2.23 bits per heavy atom. The molecule has 1 N–H and O–H groups in total. The van der Waals surface area contributed by atoms with Gasteiger partial charge in [-0.25, -0.2) is 13.1 Å². The van der Waals surface area contributed by atoms with Crippen LogP contribution in [0, 0.1) is 11.8 Å². The largest absolute Gasteiger partial charge is 0.492 e. The summed E-state index contributed by atoms with van der Waals surface area (Å²) in [6.07, 6.45) is 9.77. The fourth-order valence-corrected chi connectivity index (χ4v) is 5.24. The zero-order chi connectivity index (χ0) is 22.8. The van der Waals surface area contributed by atoms with E-state index in [0.29, 0.717) is 18.9 Å². The maximum absolute atomic E-state index is 13.0. The molecule has 0 unspecified atom stereocenters. The lowest BCUT2D eigenvalue weighted by atomic mass is 9.72. The van der Waals surface area contributed by atoms with Gasteiger partial charge in [0, 0.05) is 6.54 Å². The van der Waals surface area contributed by atoms with Crippen LogP contribution in [0.4, 0.5) is 0 Å². The van der Waals surface area contributed by atoms with Crippen LogP contribution in [-0.2, 0) is 15.4 Å². The van der Waals surface area contributed by atoms with Crippen LogP contribution in [-0.4, -0.2) is 21.6 Å². The first-order valence-corrected chi connectivity index (χ1v) is 13.0. The standard InChI is InChI=1S/C25H44NO3S/c1-8-10-11-12-13-14-18-29-22-16-15-21(25(6,7)20-24(3,4)5)19-23(22)30(27,28)26-17-9-2/h9,15-16,19,26H,8,10-14,17-18,20H2,1-7H3. The summed E-state index contributed by atoms with van der Waals surface area (Å²) in [5.41, 5.74) is 1.02. The Balaban J connectivity index is 3.04. The molecule has 1 rings (SSSR count). The number of ether oxygens (including phenoxy) is 1. The fraction of sp³-hybridized carbons (Fsp3) is 0.720. The Hall–Kier alpha value is -1.07. The van der Waals surface area contributed by atoms with E-state index in [-0.39, 0.29) is 15.7 Å². The van der Waals surface area contributed by atoms with E-state index in [1.54, 1.807) is 12.5 Å². The molecule has 0 saturated carbocycles. The van der Waals surface area contributed by atoms with E-state index >= 15 is 0 Å². The van der Waals surface area contributed by atoms with E-state index in [1.807, 2.05) is 19.1 Å². The van der Waals surface area contributed by atoms with Gasteiger partial charge in [-0.15, -0.1) is 0 Å².